The van der Waals surface area contributed by atoms with E-state index in [1.165, 1.54) is 0 Å². The van der Waals surface area contributed by atoms with Crippen molar-refractivity contribution in [3.05, 3.63) is 29.8 Å². The van der Waals surface area contributed by atoms with E-state index < -0.39 is 0 Å². The van der Waals surface area contributed by atoms with Gasteiger partial charge in [0.15, 0.2) is 5.96 Å². The minimum atomic E-state index is -0.119. The van der Waals surface area contributed by atoms with E-state index in [9.17, 15) is 4.79 Å². The molecule has 0 spiro atoms. The van der Waals surface area contributed by atoms with Gasteiger partial charge < -0.3 is 20.7 Å². The number of carbonyl (C=O) groups excluding carboxylic acids is 1. The van der Waals surface area contributed by atoms with Crippen LogP contribution in [0.4, 0.5) is 0 Å². The van der Waals surface area contributed by atoms with Crippen LogP contribution in [0.3, 0.4) is 0 Å². The van der Waals surface area contributed by atoms with Gasteiger partial charge in [-0.25, -0.2) is 4.99 Å². The van der Waals surface area contributed by atoms with E-state index in [4.69, 9.17) is 4.74 Å². The molecule has 1 aromatic carbocycles. The monoisotopic (exact) mass is 320 g/mol. The fraction of sp³-hybridized carbons (Fsp3) is 0.529. The van der Waals surface area contributed by atoms with E-state index in [0.29, 0.717) is 12.5 Å². The summed E-state index contributed by atoms with van der Waals surface area (Å²) in [6.45, 7) is 9.43. The Bertz CT molecular complexity index is 518. The Balaban J connectivity index is 2.48. The van der Waals surface area contributed by atoms with Crippen molar-refractivity contribution in [3.8, 4) is 5.75 Å². The Morgan fingerprint density at radius 1 is 1.17 bits per heavy atom. The Hall–Kier alpha value is -2.24. The summed E-state index contributed by atoms with van der Waals surface area (Å²) < 4.78 is 5.10. The third-order valence-electron chi connectivity index (χ3n) is 2.87. The molecule has 0 saturated heterocycles. The lowest BCUT2D eigenvalue weighted by Crippen LogP contribution is -2.48. The maximum atomic E-state index is 11.9. The molecule has 128 valence electrons. The van der Waals surface area contributed by atoms with Crippen LogP contribution < -0.4 is 20.7 Å². The van der Waals surface area contributed by atoms with Gasteiger partial charge in [0.1, 0.15) is 12.3 Å². The van der Waals surface area contributed by atoms with Crippen molar-refractivity contribution in [1.29, 1.82) is 0 Å². The molecule has 0 aliphatic heterocycles. The molecule has 0 atom stereocenters. The first-order chi connectivity index (χ1) is 10.8. The van der Waals surface area contributed by atoms with Crippen LogP contribution >= 0.6 is 0 Å². The number of nitrogens with zero attached hydrogens (tertiary/aromatic N) is 1. The number of amides is 1. The van der Waals surface area contributed by atoms with Gasteiger partial charge in [-0.2, -0.15) is 0 Å². The Labute approximate surface area is 138 Å². The van der Waals surface area contributed by atoms with Crippen LogP contribution in [0.1, 0.15) is 33.3 Å². The van der Waals surface area contributed by atoms with Crippen molar-refractivity contribution in [1.82, 2.24) is 16.0 Å². The third-order valence-corrected chi connectivity index (χ3v) is 2.87. The summed E-state index contributed by atoms with van der Waals surface area (Å²) in [6, 6.07) is 7.59. The molecule has 0 unspecified atom stereocenters. The minimum absolute atomic E-state index is 0.0849. The van der Waals surface area contributed by atoms with Crippen molar-refractivity contribution in [2.45, 2.75) is 39.8 Å². The molecule has 0 heterocycles. The van der Waals surface area contributed by atoms with Gasteiger partial charge in [0.2, 0.25) is 5.91 Å². The molecule has 3 N–H and O–H groups in total. The van der Waals surface area contributed by atoms with Crippen molar-refractivity contribution >= 4 is 11.9 Å². The summed E-state index contributed by atoms with van der Waals surface area (Å²) in [6.07, 6.45) is 0. The average Bonchev–Trinajstić information content (AvgIpc) is 2.50. The van der Waals surface area contributed by atoms with Gasteiger partial charge in [0.05, 0.1) is 7.11 Å². The summed E-state index contributed by atoms with van der Waals surface area (Å²) in [7, 11) is 1.63. The highest BCUT2D eigenvalue weighted by atomic mass is 16.5. The van der Waals surface area contributed by atoms with E-state index in [1.807, 2.05) is 52.0 Å². The molecule has 0 aliphatic carbocycles. The van der Waals surface area contributed by atoms with E-state index in [-0.39, 0.29) is 18.0 Å². The summed E-state index contributed by atoms with van der Waals surface area (Å²) in [4.78, 5) is 16.2. The number of aliphatic imine (C=N–C) groups is 1. The number of hydrogen-bond acceptors (Lipinski definition) is 3. The predicted molar refractivity (Wildman–Crippen MR) is 93.7 cm³/mol. The highest BCUT2D eigenvalue weighted by Gasteiger charge is 2.12. The highest BCUT2D eigenvalue weighted by Crippen LogP contribution is 2.10. The summed E-state index contributed by atoms with van der Waals surface area (Å²) in [5, 5.41) is 9.22. The Kier molecular flexibility index (Phi) is 7.38. The van der Waals surface area contributed by atoms with Crippen molar-refractivity contribution in [3.63, 3.8) is 0 Å². The van der Waals surface area contributed by atoms with Crippen LogP contribution in [0.2, 0.25) is 0 Å². The van der Waals surface area contributed by atoms with Gasteiger partial charge in [-0.3, -0.25) is 4.79 Å². The van der Waals surface area contributed by atoms with Crippen LogP contribution in [0.5, 0.6) is 5.75 Å². The summed E-state index contributed by atoms with van der Waals surface area (Å²) >= 11 is 0. The van der Waals surface area contributed by atoms with Gasteiger partial charge in [-0.05, 0) is 45.4 Å². The lowest BCUT2D eigenvalue weighted by Gasteiger charge is -2.23. The topological polar surface area (TPSA) is 74.8 Å². The molecule has 0 aliphatic rings. The lowest BCUT2D eigenvalue weighted by molar-refractivity contribution is -0.119. The molecule has 0 aromatic heterocycles. The summed E-state index contributed by atoms with van der Waals surface area (Å²) in [5.41, 5.74) is 0.906. The smallest absolute Gasteiger partial charge is 0.242 e. The molecular formula is C17H28N4O2. The lowest BCUT2D eigenvalue weighted by atomic mass is 10.1. The largest absolute Gasteiger partial charge is 0.497 e. The second kappa shape index (κ2) is 9.02. The van der Waals surface area contributed by atoms with Crippen LogP contribution in [-0.4, -0.2) is 37.6 Å². The zero-order valence-corrected chi connectivity index (χ0v) is 14.7. The number of methoxy groups -OCH3 is 1. The van der Waals surface area contributed by atoms with Crippen LogP contribution in [0.15, 0.2) is 29.3 Å². The van der Waals surface area contributed by atoms with Gasteiger partial charge in [-0.15, -0.1) is 0 Å². The Morgan fingerprint density at radius 3 is 2.35 bits per heavy atom. The summed E-state index contributed by atoms with van der Waals surface area (Å²) in [5.74, 6) is 1.32. The van der Waals surface area contributed by atoms with E-state index >= 15 is 0 Å². The van der Waals surface area contributed by atoms with E-state index in [0.717, 1.165) is 17.9 Å². The van der Waals surface area contributed by atoms with Crippen molar-refractivity contribution < 1.29 is 9.53 Å². The van der Waals surface area contributed by atoms with Gasteiger partial charge in [-0.1, -0.05) is 12.1 Å². The first-order valence-electron chi connectivity index (χ1n) is 7.80. The second-order valence-corrected chi connectivity index (χ2v) is 6.19. The van der Waals surface area contributed by atoms with Gasteiger partial charge in [0, 0.05) is 18.6 Å². The first-order valence-corrected chi connectivity index (χ1v) is 7.80. The van der Waals surface area contributed by atoms with Gasteiger partial charge >= 0.3 is 0 Å². The van der Waals surface area contributed by atoms with E-state index in [2.05, 4.69) is 20.9 Å². The molecule has 0 radical (unpaired) electrons. The highest BCUT2D eigenvalue weighted by molar-refractivity contribution is 5.85. The predicted octanol–water partition coefficient (Wildman–Crippen LogP) is 1.66. The minimum Gasteiger partial charge on any atom is -0.497 e. The number of guanidine groups is 1. The third kappa shape index (κ3) is 8.09. The maximum Gasteiger partial charge on any atom is 0.242 e. The number of rotatable bonds is 6. The van der Waals surface area contributed by atoms with Crippen LogP contribution in [-0.2, 0) is 11.3 Å². The molecule has 23 heavy (non-hydrogen) atoms. The molecule has 0 fully saturated rings. The second-order valence-electron chi connectivity index (χ2n) is 6.19. The maximum absolute atomic E-state index is 11.9. The normalized spacial score (nSPS) is 11.8. The molecule has 1 amide bonds. The number of carbonyl (C=O) groups is 1. The molecular weight excluding hydrogens is 292 g/mol. The number of nitrogens with one attached hydrogen (secondary N) is 3. The fourth-order valence-electron chi connectivity index (χ4n) is 1.81. The molecule has 6 heteroatoms. The van der Waals surface area contributed by atoms with Crippen LogP contribution in [0, 0.1) is 0 Å². The average molecular weight is 320 g/mol. The number of ether oxygens (including phenoxy) is 1. The standard InChI is InChI=1S/C17H28N4O2/c1-6-18-16(21-17(2,3)4)20-12-15(22)19-11-13-7-9-14(23-5)10-8-13/h7-10H,6,11-12H2,1-5H3,(H,19,22)(H2,18,20,21). The number of hydrogen-bond donors (Lipinski definition) is 3. The first kappa shape index (κ1) is 18.8. The Morgan fingerprint density at radius 2 is 1.83 bits per heavy atom. The number of benzene rings is 1. The van der Waals surface area contributed by atoms with Crippen LogP contribution in [0.25, 0.3) is 0 Å². The van der Waals surface area contributed by atoms with Crippen molar-refractivity contribution in [2.75, 3.05) is 20.2 Å². The molecule has 1 rings (SSSR count). The zero-order chi connectivity index (χ0) is 17.3. The molecule has 0 saturated carbocycles. The fourth-order valence-corrected chi connectivity index (χ4v) is 1.81. The zero-order valence-electron chi connectivity index (χ0n) is 14.7. The van der Waals surface area contributed by atoms with E-state index in [1.54, 1.807) is 7.11 Å². The molecule has 6 nitrogen and oxygen atoms in total. The molecule has 0 bridgehead atoms. The molecule has 1 aromatic rings. The van der Waals surface area contributed by atoms with Crippen molar-refractivity contribution in [2.24, 2.45) is 4.99 Å². The quantitative estimate of drug-likeness (QED) is 0.550. The SMILES string of the molecule is CCNC(=NCC(=O)NCc1ccc(OC)cc1)NC(C)(C)C. The van der Waals surface area contributed by atoms with Gasteiger partial charge in [0.25, 0.3) is 0 Å².